The molecule has 1 aliphatic rings. The fourth-order valence-electron chi connectivity index (χ4n) is 2.08. The van der Waals surface area contributed by atoms with E-state index in [1.54, 1.807) is 25.1 Å². The Kier molecular flexibility index (Phi) is 3.80. The number of carbonyl (C=O) groups is 1. The van der Waals surface area contributed by atoms with Crippen LogP contribution in [0.2, 0.25) is 0 Å². The summed E-state index contributed by atoms with van der Waals surface area (Å²) < 4.78 is 0. The van der Waals surface area contributed by atoms with Crippen LogP contribution in [0.1, 0.15) is 24.8 Å². The van der Waals surface area contributed by atoms with Gasteiger partial charge in [0.15, 0.2) is 0 Å². The van der Waals surface area contributed by atoms with Crippen molar-refractivity contribution in [2.45, 2.75) is 31.1 Å². The van der Waals surface area contributed by atoms with Crippen molar-refractivity contribution < 1.29 is 14.8 Å². The van der Waals surface area contributed by atoms with Crippen LogP contribution in [-0.2, 0) is 4.79 Å². The van der Waals surface area contributed by atoms with Gasteiger partial charge in [0.25, 0.3) is 5.69 Å². The summed E-state index contributed by atoms with van der Waals surface area (Å²) in [5, 5.41) is 19.9. The van der Waals surface area contributed by atoms with Crippen molar-refractivity contribution in [3.63, 3.8) is 0 Å². The number of hydrogen-bond acceptors (Lipinski definition) is 4. The van der Waals surface area contributed by atoms with Gasteiger partial charge in [0.2, 0.25) is 0 Å². The molecule has 0 spiro atoms. The lowest BCUT2D eigenvalue weighted by Crippen LogP contribution is -2.11. The molecule has 0 radical (unpaired) electrons. The van der Waals surface area contributed by atoms with E-state index in [4.69, 9.17) is 5.11 Å². The molecule has 19 heavy (non-hydrogen) atoms. The van der Waals surface area contributed by atoms with Crippen molar-refractivity contribution in [3.8, 4) is 0 Å². The van der Waals surface area contributed by atoms with E-state index in [2.05, 4.69) is 0 Å². The van der Waals surface area contributed by atoms with Crippen LogP contribution < -0.4 is 0 Å². The van der Waals surface area contributed by atoms with Crippen LogP contribution in [-0.4, -0.2) is 21.8 Å². The van der Waals surface area contributed by atoms with Gasteiger partial charge in [-0.15, -0.1) is 11.8 Å². The summed E-state index contributed by atoms with van der Waals surface area (Å²) in [4.78, 5) is 22.1. The van der Waals surface area contributed by atoms with Gasteiger partial charge in [0.05, 0.1) is 16.2 Å². The highest BCUT2D eigenvalue weighted by Crippen LogP contribution is 2.52. The monoisotopic (exact) mass is 281 g/mol. The second-order valence-electron chi connectivity index (χ2n) is 5.04. The van der Waals surface area contributed by atoms with E-state index in [1.807, 2.05) is 0 Å². The Morgan fingerprint density at radius 1 is 1.53 bits per heavy atom. The molecule has 2 rings (SSSR count). The van der Waals surface area contributed by atoms with Crippen molar-refractivity contribution in [1.29, 1.82) is 0 Å². The molecule has 1 fully saturated rings. The molecular weight excluding hydrogens is 266 g/mol. The number of aliphatic carboxylic acids is 1. The summed E-state index contributed by atoms with van der Waals surface area (Å²) >= 11 is 1.40. The summed E-state index contributed by atoms with van der Waals surface area (Å²) in [6.07, 6.45) is 1.94. The van der Waals surface area contributed by atoms with Gasteiger partial charge in [-0.2, -0.15) is 0 Å². The average Bonchev–Trinajstić information content (AvgIpc) is 3.05. The molecule has 0 bridgehead atoms. The highest BCUT2D eigenvalue weighted by atomic mass is 32.2. The standard InChI is InChI=1S/C13H15NO4S/c1-9-3-2-4-10(12(9)14(17)18)19-8-13(5-6-13)7-11(15)16/h2-4H,5-8H2,1H3,(H,15,16). The molecule has 0 aliphatic heterocycles. The lowest BCUT2D eigenvalue weighted by Gasteiger charge is -2.12. The number of nitro groups is 1. The van der Waals surface area contributed by atoms with Crippen LogP contribution in [0.5, 0.6) is 0 Å². The lowest BCUT2D eigenvalue weighted by atomic mass is 10.1. The fraction of sp³-hybridized carbons (Fsp3) is 0.462. The number of nitro benzene ring substituents is 1. The molecule has 1 N–H and O–H groups in total. The van der Waals surface area contributed by atoms with Crippen LogP contribution >= 0.6 is 11.8 Å². The number of rotatable bonds is 6. The molecule has 1 saturated carbocycles. The summed E-state index contributed by atoms with van der Waals surface area (Å²) in [6, 6.07) is 5.24. The number of benzene rings is 1. The number of nitrogens with zero attached hydrogens (tertiary/aromatic N) is 1. The van der Waals surface area contributed by atoms with Gasteiger partial charge < -0.3 is 5.11 Å². The molecule has 102 valence electrons. The van der Waals surface area contributed by atoms with Crippen LogP contribution in [0.4, 0.5) is 5.69 Å². The maximum absolute atomic E-state index is 11.1. The Bertz CT molecular complexity index is 525. The molecule has 0 aromatic heterocycles. The summed E-state index contributed by atoms with van der Waals surface area (Å²) in [5.74, 6) is -0.166. The molecule has 1 aliphatic carbocycles. The molecule has 5 nitrogen and oxygen atoms in total. The highest BCUT2D eigenvalue weighted by molar-refractivity contribution is 7.99. The number of hydrogen-bond donors (Lipinski definition) is 1. The van der Waals surface area contributed by atoms with Crippen molar-refractivity contribution in [2.24, 2.45) is 5.41 Å². The molecule has 0 heterocycles. The fourth-order valence-corrected chi connectivity index (χ4v) is 3.48. The third-order valence-electron chi connectivity index (χ3n) is 3.40. The third kappa shape index (κ3) is 3.26. The Balaban J connectivity index is 2.10. The molecular formula is C13H15NO4S. The first kappa shape index (κ1) is 13.9. The quantitative estimate of drug-likeness (QED) is 0.492. The van der Waals surface area contributed by atoms with Gasteiger partial charge in [-0.1, -0.05) is 12.1 Å². The van der Waals surface area contributed by atoms with Crippen molar-refractivity contribution in [1.82, 2.24) is 0 Å². The van der Waals surface area contributed by atoms with Gasteiger partial charge in [-0.25, -0.2) is 0 Å². The van der Waals surface area contributed by atoms with E-state index >= 15 is 0 Å². The van der Waals surface area contributed by atoms with Gasteiger partial charge in [0, 0.05) is 11.3 Å². The van der Waals surface area contributed by atoms with Crippen LogP contribution in [0, 0.1) is 22.5 Å². The number of carboxylic acids is 1. The Labute approximate surface area is 115 Å². The first-order chi connectivity index (χ1) is 8.93. The van der Waals surface area contributed by atoms with Crippen molar-refractivity contribution >= 4 is 23.4 Å². The van der Waals surface area contributed by atoms with Gasteiger partial charge >= 0.3 is 5.97 Å². The van der Waals surface area contributed by atoms with E-state index in [9.17, 15) is 14.9 Å². The number of aryl methyl sites for hydroxylation is 1. The molecule has 1 aromatic carbocycles. The SMILES string of the molecule is Cc1cccc(SCC2(CC(=O)O)CC2)c1[N+](=O)[O-]. The van der Waals surface area contributed by atoms with Gasteiger partial charge in [-0.05, 0) is 31.2 Å². The topological polar surface area (TPSA) is 80.4 Å². The minimum Gasteiger partial charge on any atom is -0.481 e. The first-order valence-electron chi connectivity index (χ1n) is 6.02. The predicted octanol–water partition coefficient (Wildman–Crippen LogP) is 3.25. The van der Waals surface area contributed by atoms with E-state index in [0.29, 0.717) is 16.2 Å². The largest absolute Gasteiger partial charge is 0.481 e. The number of para-hydroxylation sites is 1. The van der Waals surface area contributed by atoms with Crippen molar-refractivity contribution in [3.05, 3.63) is 33.9 Å². The average molecular weight is 281 g/mol. The molecule has 1 aromatic rings. The minimum absolute atomic E-state index is 0.138. The minimum atomic E-state index is -0.795. The predicted molar refractivity (Wildman–Crippen MR) is 72.5 cm³/mol. The maximum Gasteiger partial charge on any atom is 0.303 e. The normalized spacial score (nSPS) is 16.1. The maximum atomic E-state index is 11.1. The zero-order chi connectivity index (χ0) is 14.0. The van der Waals surface area contributed by atoms with E-state index < -0.39 is 5.97 Å². The number of thioether (sulfide) groups is 1. The Hall–Kier alpha value is -1.56. The van der Waals surface area contributed by atoms with Crippen LogP contribution in [0.25, 0.3) is 0 Å². The number of carboxylic acid groups (broad SMARTS) is 1. The summed E-state index contributed by atoms with van der Waals surface area (Å²) in [6.45, 7) is 1.71. The zero-order valence-corrected chi connectivity index (χ0v) is 11.4. The molecule has 6 heteroatoms. The second-order valence-corrected chi connectivity index (χ2v) is 6.06. The van der Waals surface area contributed by atoms with Gasteiger partial charge in [0.1, 0.15) is 0 Å². The zero-order valence-electron chi connectivity index (χ0n) is 10.6. The summed E-state index contributed by atoms with van der Waals surface area (Å²) in [7, 11) is 0. The van der Waals surface area contributed by atoms with Gasteiger partial charge in [-0.3, -0.25) is 14.9 Å². The third-order valence-corrected chi connectivity index (χ3v) is 4.80. The van der Waals surface area contributed by atoms with E-state index in [0.717, 1.165) is 12.8 Å². The molecule has 0 atom stereocenters. The van der Waals surface area contributed by atoms with Crippen LogP contribution in [0.15, 0.2) is 23.1 Å². The van der Waals surface area contributed by atoms with E-state index in [-0.39, 0.29) is 22.4 Å². The Morgan fingerprint density at radius 3 is 2.74 bits per heavy atom. The van der Waals surface area contributed by atoms with Crippen LogP contribution in [0.3, 0.4) is 0 Å². The first-order valence-corrected chi connectivity index (χ1v) is 7.01. The second kappa shape index (κ2) is 5.21. The molecule has 0 unspecified atom stereocenters. The summed E-state index contributed by atoms with van der Waals surface area (Å²) in [5.41, 5.74) is 0.616. The van der Waals surface area contributed by atoms with E-state index in [1.165, 1.54) is 11.8 Å². The molecule has 0 amide bonds. The lowest BCUT2D eigenvalue weighted by molar-refractivity contribution is -0.388. The van der Waals surface area contributed by atoms with Crippen molar-refractivity contribution in [2.75, 3.05) is 5.75 Å². The highest BCUT2D eigenvalue weighted by Gasteiger charge is 2.44. The molecule has 0 saturated heterocycles. The smallest absolute Gasteiger partial charge is 0.303 e. The Morgan fingerprint density at radius 2 is 2.21 bits per heavy atom.